The molecule has 9 heteroatoms. The Bertz CT molecular complexity index is 1160. The third kappa shape index (κ3) is 5.24. The Morgan fingerprint density at radius 1 is 1.03 bits per heavy atom. The highest BCUT2D eigenvalue weighted by Crippen LogP contribution is 2.48. The van der Waals surface area contributed by atoms with Gasteiger partial charge >= 0.3 is 6.18 Å². The normalized spacial score (nSPS) is 19.0. The molecule has 2 fully saturated rings. The zero-order valence-corrected chi connectivity index (χ0v) is 20.0. The summed E-state index contributed by atoms with van der Waals surface area (Å²) in [4.78, 5) is 24.5. The van der Waals surface area contributed by atoms with Gasteiger partial charge in [-0.2, -0.15) is 18.4 Å². The molecular formula is C27H29F3N4O2. The van der Waals surface area contributed by atoms with Crippen LogP contribution in [0.3, 0.4) is 0 Å². The van der Waals surface area contributed by atoms with Crippen molar-refractivity contribution < 1.29 is 22.8 Å². The molecule has 4 rings (SSSR count). The Balaban J connectivity index is 1.51. The number of nitrogens with two attached hydrogens (primary N) is 1. The summed E-state index contributed by atoms with van der Waals surface area (Å²) in [6.07, 6.45) is -1.48. The molecule has 36 heavy (non-hydrogen) atoms. The third-order valence-electron chi connectivity index (χ3n) is 7.15. The number of primary amides is 1. The molecule has 2 atom stereocenters. The van der Waals surface area contributed by atoms with E-state index >= 15 is 0 Å². The third-order valence-corrected chi connectivity index (χ3v) is 7.15. The number of amides is 2. The van der Waals surface area contributed by atoms with E-state index in [1.165, 1.54) is 12.1 Å². The van der Waals surface area contributed by atoms with Gasteiger partial charge in [-0.25, -0.2) is 0 Å². The summed E-state index contributed by atoms with van der Waals surface area (Å²) in [6.45, 7) is 1.79. The van der Waals surface area contributed by atoms with E-state index in [9.17, 15) is 28.0 Å². The van der Waals surface area contributed by atoms with Crippen LogP contribution in [0.2, 0.25) is 0 Å². The van der Waals surface area contributed by atoms with Gasteiger partial charge in [-0.1, -0.05) is 61.9 Å². The van der Waals surface area contributed by atoms with Gasteiger partial charge in [-0.3, -0.25) is 14.9 Å². The highest BCUT2D eigenvalue weighted by atomic mass is 19.4. The topological polar surface area (TPSA) is 108 Å². The van der Waals surface area contributed by atoms with E-state index in [4.69, 9.17) is 5.73 Å². The Kier molecular flexibility index (Phi) is 6.84. The Hall–Kier alpha value is -3.38. The molecule has 0 spiro atoms. The first-order valence-electron chi connectivity index (χ1n) is 12.1. The molecule has 2 aliphatic carbocycles. The van der Waals surface area contributed by atoms with Crippen molar-refractivity contribution in [2.24, 2.45) is 5.73 Å². The fraction of sp³-hybridized carbons (Fsp3) is 0.444. The van der Waals surface area contributed by atoms with Crippen molar-refractivity contribution in [3.05, 3.63) is 59.7 Å². The molecule has 0 unspecified atom stereocenters. The summed E-state index contributed by atoms with van der Waals surface area (Å²) < 4.78 is 42.2. The number of halogens is 3. The molecule has 0 bridgehead atoms. The van der Waals surface area contributed by atoms with E-state index in [0.717, 1.165) is 29.5 Å². The minimum Gasteiger partial charge on any atom is -0.369 e. The molecule has 0 heterocycles. The Morgan fingerprint density at radius 2 is 1.58 bits per heavy atom. The van der Waals surface area contributed by atoms with Crippen molar-refractivity contribution in [2.45, 2.75) is 74.7 Å². The average molecular weight is 499 g/mol. The quantitative estimate of drug-likeness (QED) is 0.451. The summed E-state index contributed by atoms with van der Waals surface area (Å²) in [6, 6.07) is 12.3. The van der Waals surface area contributed by atoms with Gasteiger partial charge in [0, 0.05) is 0 Å². The van der Waals surface area contributed by atoms with Gasteiger partial charge < -0.3 is 11.1 Å². The number of carbonyl (C=O) groups is 2. The maximum Gasteiger partial charge on any atom is 0.407 e. The number of hydrogen-bond acceptors (Lipinski definition) is 4. The van der Waals surface area contributed by atoms with Crippen LogP contribution in [-0.2, 0) is 15.0 Å². The average Bonchev–Trinajstić information content (AvgIpc) is 3.77. The van der Waals surface area contributed by atoms with Crippen molar-refractivity contribution in [2.75, 3.05) is 0 Å². The molecule has 2 saturated carbocycles. The standard InChI is InChI=1S/C27H29F3N4O2/c1-2-3-21(23(35)34-25(16-31)12-13-25)33-22(27(28,29)30)19-6-4-17(5-7-19)18-8-10-20(11-9-18)26(14-15-26)24(32)36/h4-11,21-22,33H,2-3,12-15H2,1H3,(H2,32,36)(H,34,35)/t21-,22-/m0/s1. The molecule has 0 radical (unpaired) electrons. The molecule has 0 saturated heterocycles. The predicted molar refractivity (Wildman–Crippen MR) is 128 cm³/mol. The van der Waals surface area contributed by atoms with E-state index < -0.39 is 35.1 Å². The van der Waals surface area contributed by atoms with Gasteiger partial charge in [0.1, 0.15) is 11.6 Å². The second-order valence-corrected chi connectivity index (χ2v) is 9.81. The van der Waals surface area contributed by atoms with Gasteiger partial charge in [0.25, 0.3) is 0 Å². The molecule has 190 valence electrons. The second-order valence-electron chi connectivity index (χ2n) is 9.81. The van der Waals surface area contributed by atoms with Crippen LogP contribution in [0.15, 0.2) is 48.5 Å². The lowest BCUT2D eigenvalue weighted by Gasteiger charge is -2.28. The monoisotopic (exact) mass is 498 g/mol. The summed E-state index contributed by atoms with van der Waals surface area (Å²) in [5, 5.41) is 14.3. The largest absolute Gasteiger partial charge is 0.407 e. The Morgan fingerprint density at radius 3 is 2.00 bits per heavy atom. The summed E-state index contributed by atoms with van der Waals surface area (Å²) in [7, 11) is 0. The minimum absolute atomic E-state index is 0.0103. The zero-order chi connectivity index (χ0) is 26.1. The van der Waals surface area contributed by atoms with E-state index in [2.05, 4.69) is 10.6 Å². The van der Waals surface area contributed by atoms with Crippen LogP contribution in [-0.4, -0.2) is 29.6 Å². The number of alkyl halides is 3. The van der Waals surface area contributed by atoms with Gasteiger partial charge in [-0.05, 0) is 54.4 Å². The van der Waals surface area contributed by atoms with Crippen LogP contribution in [0.25, 0.3) is 11.1 Å². The van der Waals surface area contributed by atoms with Crippen molar-refractivity contribution in [1.82, 2.24) is 10.6 Å². The van der Waals surface area contributed by atoms with E-state index in [1.807, 2.05) is 30.3 Å². The number of benzene rings is 2. The van der Waals surface area contributed by atoms with Crippen molar-refractivity contribution in [1.29, 1.82) is 5.26 Å². The summed E-state index contributed by atoms with van der Waals surface area (Å²) >= 11 is 0. The molecule has 0 aliphatic heterocycles. The molecule has 6 nitrogen and oxygen atoms in total. The zero-order valence-electron chi connectivity index (χ0n) is 20.0. The lowest BCUT2D eigenvalue weighted by Crippen LogP contribution is -2.51. The van der Waals surface area contributed by atoms with Crippen LogP contribution in [0.1, 0.15) is 62.6 Å². The number of hydrogen-bond donors (Lipinski definition) is 3. The molecule has 2 aromatic carbocycles. The van der Waals surface area contributed by atoms with Crippen LogP contribution in [0, 0.1) is 11.3 Å². The summed E-state index contributed by atoms with van der Waals surface area (Å²) in [5.41, 5.74) is 6.35. The molecule has 0 aromatic heterocycles. The van der Waals surface area contributed by atoms with Gasteiger partial charge in [-0.15, -0.1) is 0 Å². The molecular weight excluding hydrogens is 469 g/mol. The van der Waals surface area contributed by atoms with Crippen LogP contribution in [0.4, 0.5) is 13.2 Å². The van der Waals surface area contributed by atoms with Crippen molar-refractivity contribution in [3.63, 3.8) is 0 Å². The molecule has 2 amide bonds. The number of rotatable bonds is 10. The number of nitrogens with one attached hydrogen (secondary N) is 2. The van der Waals surface area contributed by atoms with E-state index in [0.29, 0.717) is 19.3 Å². The van der Waals surface area contributed by atoms with Gasteiger partial charge in [0.05, 0.1) is 17.5 Å². The smallest absolute Gasteiger partial charge is 0.369 e. The van der Waals surface area contributed by atoms with Gasteiger partial charge in [0.2, 0.25) is 11.8 Å². The molecule has 4 N–H and O–H groups in total. The Labute approximate surface area is 208 Å². The SMILES string of the molecule is CCC[C@H](N[C@@H](c1ccc(-c2ccc(C3(C(N)=O)CC3)cc2)cc1)C(F)(F)F)C(=O)NC1(C#N)CC1. The number of nitriles is 1. The van der Waals surface area contributed by atoms with Crippen LogP contribution < -0.4 is 16.4 Å². The van der Waals surface area contributed by atoms with Gasteiger partial charge in [0.15, 0.2) is 0 Å². The first kappa shape index (κ1) is 25.7. The summed E-state index contributed by atoms with van der Waals surface area (Å²) in [5.74, 6) is -0.938. The van der Waals surface area contributed by atoms with Crippen LogP contribution >= 0.6 is 0 Å². The minimum atomic E-state index is -4.63. The fourth-order valence-corrected chi connectivity index (χ4v) is 4.52. The maximum absolute atomic E-state index is 14.1. The van der Waals surface area contributed by atoms with E-state index in [-0.39, 0.29) is 17.9 Å². The molecule has 2 aliphatic rings. The van der Waals surface area contributed by atoms with Crippen molar-refractivity contribution in [3.8, 4) is 17.2 Å². The fourth-order valence-electron chi connectivity index (χ4n) is 4.52. The number of carbonyl (C=O) groups excluding carboxylic acids is 2. The highest BCUT2D eigenvalue weighted by molar-refractivity contribution is 5.90. The maximum atomic E-state index is 14.1. The van der Waals surface area contributed by atoms with E-state index in [1.54, 1.807) is 19.1 Å². The first-order valence-corrected chi connectivity index (χ1v) is 12.1. The first-order chi connectivity index (χ1) is 17.0. The predicted octanol–water partition coefficient (Wildman–Crippen LogP) is 4.40. The second kappa shape index (κ2) is 9.58. The lowest BCUT2D eigenvalue weighted by molar-refractivity contribution is -0.161. The van der Waals surface area contributed by atoms with Crippen molar-refractivity contribution >= 4 is 11.8 Å². The number of nitrogens with zero attached hydrogens (tertiary/aromatic N) is 1. The lowest BCUT2D eigenvalue weighted by atomic mass is 9.92. The van der Waals surface area contributed by atoms with Crippen LogP contribution in [0.5, 0.6) is 0 Å². The highest BCUT2D eigenvalue weighted by Gasteiger charge is 2.50. The molecule has 2 aromatic rings.